The molecule has 0 spiro atoms. The maximum atomic E-state index is 13.2. The zero-order chi connectivity index (χ0) is 11.5. The molecule has 0 radical (unpaired) electrons. The second-order valence-electron chi connectivity index (χ2n) is 3.12. The molecular formula is C11H7Cl2FN2. The van der Waals surface area contributed by atoms with Gasteiger partial charge in [-0.2, -0.15) is 0 Å². The Bertz CT molecular complexity index is 517. The smallest absolute Gasteiger partial charge is 0.143 e. The van der Waals surface area contributed by atoms with Gasteiger partial charge in [-0.05, 0) is 30.3 Å². The summed E-state index contributed by atoms with van der Waals surface area (Å²) in [5, 5.41) is 3.46. The van der Waals surface area contributed by atoms with Gasteiger partial charge >= 0.3 is 0 Å². The Labute approximate surface area is 102 Å². The summed E-state index contributed by atoms with van der Waals surface area (Å²) in [4.78, 5) is 3.84. The van der Waals surface area contributed by atoms with Gasteiger partial charge in [-0.1, -0.05) is 23.2 Å². The second-order valence-corrected chi connectivity index (χ2v) is 3.92. The van der Waals surface area contributed by atoms with Gasteiger partial charge in [0, 0.05) is 17.6 Å². The maximum absolute atomic E-state index is 13.2. The van der Waals surface area contributed by atoms with Crippen LogP contribution in [0.5, 0.6) is 0 Å². The molecule has 2 rings (SSSR count). The van der Waals surface area contributed by atoms with Crippen molar-refractivity contribution in [3.8, 4) is 0 Å². The topological polar surface area (TPSA) is 24.9 Å². The van der Waals surface area contributed by atoms with Crippen molar-refractivity contribution in [2.45, 2.75) is 0 Å². The maximum Gasteiger partial charge on any atom is 0.143 e. The van der Waals surface area contributed by atoms with Crippen LogP contribution in [0.4, 0.5) is 15.8 Å². The van der Waals surface area contributed by atoms with E-state index in [2.05, 4.69) is 10.3 Å². The minimum Gasteiger partial charge on any atom is -0.355 e. The number of benzene rings is 1. The predicted molar refractivity (Wildman–Crippen MR) is 63.9 cm³/mol. The van der Waals surface area contributed by atoms with Crippen molar-refractivity contribution >= 4 is 34.6 Å². The molecule has 0 atom stereocenters. The standard InChI is InChI=1S/C11H7Cl2FN2/c12-9-2-1-7(5-10(9)14)16-8-3-4-15-11(13)6-8/h1-6H,(H,15,16). The lowest BCUT2D eigenvalue weighted by Crippen LogP contribution is -1.91. The average molecular weight is 257 g/mol. The molecule has 0 saturated carbocycles. The van der Waals surface area contributed by atoms with Crippen molar-refractivity contribution in [3.63, 3.8) is 0 Å². The van der Waals surface area contributed by atoms with Crippen molar-refractivity contribution in [1.29, 1.82) is 0 Å². The Morgan fingerprint density at radius 1 is 1.06 bits per heavy atom. The number of aromatic nitrogens is 1. The summed E-state index contributed by atoms with van der Waals surface area (Å²) in [6, 6.07) is 7.87. The van der Waals surface area contributed by atoms with E-state index in [0.29, 0.717) is 10.8 Å². The molecule has 0 aliphatic carbocycles. The molecule has 5 heteroatoms. The van der Waals surface area contributed by atoms with E-state index in [1.54, 1.807) is 24.4 Å². The van der Waals surface area contributed by atoms with Crippen molar-refractivity contribution in [1.82, 2.24) is 4.98 Å². The fourth-order valence-corrected chi connectivity index (χ4v) is 1.51. The van der Waals surface area contributed by atoms with Gasteiger partial charge in [0.15, 0.2) is 0 Å². The van der Waals surface area contributed by atoms with Crippen LogP contribution in [0.2, 0.25) is 10.2 Å². The first-order valence-corrected chi connectivity index (χ1v) is 5.24. The molecule has 0 aliphatic rings. The first-order chi connectivity index (χ1) is 7.65. The van der Waals surface area contributed by atoms with Gasteiger partial charge in [0.25, 0.3) is 0 Å². The van der Waals surface area contributed by atoms with Gasteiger partial charge in [-0.3, -0.25) is 0 Å². The quantitative estimate of drug-likeness (QED) is 0.812. The minimum absolute atomic E-state index is 0.0957. The molecule has 0 unspecified atom stereocenters. The number of rotatable bonds is 2. The first-order valence-electron chi connectivity index (χ1n) is 4.49. The van der Waals surface area contributed by atoms with E-state index in [4.69, 9.17) is 23.2 Å². The zero-order valence-electron chi connectivity index (χ0n) is 8.05. The first kappa shape index (κ1) is 11.2. The molecule has 0 fully saturated rings. The monoisotopic (exact) mass is 256 g/mol. The number of nitrogens with zero attached hydrogens (tertiary/aromatic N) is 1. The molecule has 2 aromatic rings. The lowest BCUT2D eigenvalue weighted by Gasteiger charge is -2.06. The van der Waals surface area contributed by atoms with Crippen LogP contribution in [-0.4, -0.2) is 4.98 Å². The number of nitrogens with one attached hydrogen (secondary N) is 1. The van der Waals surface area contributed by atoms with E-state index >= 15 is 0 Å². The largest absolute Gasteiger partial charge is 0.355 e. The molecule has 0 amide bonds. The number of anilines is 2. The van der Waals surface area contributed by atoms with Crippen molar-refractivity contribution in [2.24, 2.45) is 0 Å². The molecule has 1 N–H and O–H groups in total. The molecule has 82 valence electrons. The average Bonchev–Trinajstić information content (AvgIpc) is 2.24. The third-order valence-corrected chi connectivity index (χ3v) is 2.45. The lowest BCUT2D eigenvalue weighted by molar-refractivity contribution is 0.629. The fraction of sp³-hybridized carbons (Fsp3) is 0. The van der Waals surface area contributed by atoms with Gasteiger partial charge < -0.3 is 5.32 Å². The van der Waals surface area contributed by atoms with Gasteiger partial charge in [0.05, 0.1) is 5.02 Å². The predicted octanol–water partition coefficient (Wildman–Crippen LogP) is 4.27. The second kappa shape index (κ2) is 4.68. The highest BCUT2D eigenvalue weighted by Crippen LogP contribution is 2.22. The summed E-state index contributed by atoms with van der Waals surface area (Å²) in [6.07, 6.45) is 1.57. The molecule has 1 aromatic heterocycles. The SMILES string of the molecule is Fc1cc(Nc2ccnc(Cl)c2)ccc1Cl. The molecule has 0 saturated heterocycles. The van der Waals surface area contributed by atoms with Crippen LogP contribution in [0.15, 0.2) is 36.5 Å². The molecule has 1 heterocycles. The van der Waals surface area contributed by atoms with Gasteiger partial charge in [-0.25, -0.2) is 9.37 Å². The highest BCUT2D eigenvalue weighted by Gasteiger charge is 2.01. The van der Waals surface area contributed by atoms with E-state index in [9.17, 15) is 4.39 Å². The Morgan fingerprint density at radius 2 is 1.81 bits per heavy atom. The Kier molecular flexibility index (Phi) is 3.27. The third-order valence-electron chi connectivity index (χ3n) is 1.93. The molecule has 1 aromatic carbocycles. The van der Waals surface area contributed by atoms with Crippen LogP contribution in [0.25, 0.3) is 0 Å². The van der Waals surface area contributed by atoms with Crippen molar-refractivity contribution in [2.75, 3.05) is 5.32 Å². The lowest BCUT2D eigenvalue weighted by atomic mass is 10.3. The van der Waals surface area contributed by atoms with Gasteiger partial charge in [-0.15, -0.1) is 0 Å². The normalized spacial score (nSPS) is 10.2. The Hall–Kier alpha value is -1.32. The molecule has 0 bridgehead atoms. The van der Waals surface area contributed by atoms with E-state index < -0.39 is 5.82 Å². The summed E-state index contributed by atoms with van der Waals surface area (Å²) in [5.74, 6) is -0.466. The van der Waals surface area contributed by atoms with Gasteiger partial charge in [0.1, 0.15) is 11.0 Å². The van der Waals surface area contributed by atoms with Crippen LogP contribution < -0.4 is 5.32 Å². The molecule has 16 heavy (non-hydrogen) atoms. The van der Waals surface area contributed by atoms with Crippen LogP contribution >= 0.6 is 23.2 Å². The minimum atomic E-state index is -0.466. The third kappa shape index (κ3) is 2.62. The highest BCUT2D eigenvalue weighted by atomic mass is 35.5. The summed E-state index contributed by atoms with van der Waals surface area (Å²) < 4.78 is 13.2. The summed E-state index contributed by atoms with van der Waals surface area (Å²) in [6.45, 7) is 0. The van der Waals surface area contributed by atoms with E-state index in [-0.39, 0.29) is 5.02 Å². The fourth-order valence-electron chi connectivity index (χ4n) is 1.22. The number of hydrogen-bond donors (Lipinski definition) is 1. The van der Waals surface area contributed by atoms with Crippen LogP contribution in [0, 0.1) is 5.82 Å². The molecule has 0 aliphatic heterocycles. The highest BCUT2D eigenvalue weighted by molar-refractivity contribution is 6.30. The Balaban J connectivity index is 2.24. The molecule has 2 nitrogen and oxygen atoms in total. The van der Waals surface area contributed by atoms with Crippen molar-refractivity contribution in [3.05, 3.63) is 52.5 Å². The van der Waals surface area contributed by atoms with Crippen LogP contribution in [0.1, 0.15) is 0 Å². The number of pyridine rings is 1. The summed E-state index contributed by atoms with van der Waals surface area (Å²) in [5.41, 5.74) is 1.34. The van der Waals surface area contributed by atoms with Crippen LogP contribution in [-0.2, 0) is 0 Å². The summed E-state index contributed by atoms with van der Waals surface area (Å²) >= 11 is 11.3. The van der Waals surface area contributed by atoms with E-state index in [0.717, 1.165) is 5.69 Å². The molecular weight excluding hydrogens is 250 g/mol. The Morgan fingerprint density at radius 3 is 2.50 bits per heavy atom. The summed E-state index contributed by atoms with van der Waals surface area (Å²) in [7, 11) is 0. The van der Waals surface area contributed by atoms with Gasteiger partial charge in [0.2, 0.25) is 0 Å². The van der Waals surface area contributed by atoms with Crippen LogP contribution in [0.3, 0.4) is 0 Å². The van der Waals surface area contributed by atoms with Crippen molar-refractivity contribution < 1.29 is 4.39 Å². The number of hydrogen-bond acceptors (Lipinski definition) is 2. The van der Waals surface area contributed by atoms with E-state index in [1.807, 2.05) is 0 Å². The zero-order valence-corrected chi connectivity index (χ0v) is 9.56. The van der Waals surface area contributed by atoms with E-state index in [1.165, 1.54) is 12.1 Å². The number of halogens is 3.